The molecule has 1 unspecified atom stereocenters. The van der Waals surface area contributed by atoms with Crippen LogP contribution in [0.3, 0.4) is 0 Å². The number of thiophene rings is 1. The van der Waals surface area contributed by atoms with Gasteiger partial charge in [-0.15, -0.1) is 11.3 Å². The van der Waals surface area contributed by atoms with E-state index < -0.39 is 11.9 Å². The third-order valence-electron chi connectivity index (χ3n) is 2.70. The molecule has 17 heavy (non-hydrogen) atoms. The van der Waals surface area contributed by atoms with Crippen LogP contribution >= 0.6 is 11.3 Å². The largest absolute Gasteiger partial charge is 0.481 e. The number of benzene rings is 1. The van der Waals surface area contributed by atoms with Crippen molar-refractivity contribution in [2.75, 3.05) is 0 Å². The summed E-state index contributed by atoms with van der Waals surface area (Å²) in [5.74, 6) is -1.18. The molecule has 2 rings (SSSR count). The number of carboxylic acid groups (broad SMARTS) is 1. The zero-order valence-corrected chi connectivity index (χ0v) is 10.4. The van der Waals surface area contributed by atoms with Crippen molar-refractivity contribution in [3.8, 4) is 0 Å². The molecule has 0 radical (unpaired) electrons. The lowest BCUT2D eigenvalue weighted by Crippen LogP contribution is -2.05. The van der Waals surface area contributed by atoms with Crippen LogP contribution in [-0.2, 0) is 11.2 Å². The molecule has 0 amide bonds. The van der Waals surface area contributed by atoms with E-state index >= 15 is 0 Å². The lowest BCUT2D eigenvalue weighted by atomic mass is 10.1. The minimum absolute atomic E-state index is 0.412. The average molecular weight is 246 g/mol. The summed E-state index contributed by atoms with van der Waals surface area (Å²) >= 11 is 1.58. The Labute approximate surface area is 105 Å². The van der Waals surface area contributed by atoms with Gasteiger partial charge in [0.05, 0.1) is 5.92 Å². The van der Waals surface area contributed by atoms with Crippen molar-refractivity contribution in [3.63, 3.8) is 0 Å². The Bertz CT molecular complexity index is 502. The highest BCUT2D eigenvalue weighted by molar-refractivity contribution is 7.12. The van der Waals surface area contributed by atoms with Crippen LogP contribution in [0.5, 0.6) is 0 Å². The van der Waals surface area contributed by atoms with E-state index in [2.05, 4.69) is 12.1 Å². The predicted molar refractivity (Wildman–Crippen MR) is 69.6 cm³/mol. The maximum Gasteiger partial charge on any atom is 0.311 e. The maximum atomic E-state index is 10.9. The molecule has 0 fully saturated rings. The van der Waals surface area contributed by atoms with Crippen LogP contribution in [0.1, 0.15) is 28.2 Å². The molecule has 0 bridgehead atoms. The molecule has 0 spiro atoms. The van der Waals surface area contributed by atoms with Gasteiger partial charge in [0.15, 0.2) is 0 Å². The van der Waals surface area contributed by atoms with Crippen LogP contribution in [0.2, 0.25) is 0 Å². The summed E-state index contributed by atoms with van der Waals surface area (Å²) in [6, 6.07) is 14.1. The van der Waals surface area contributed by atoms with Gasteiger partial charge in [-0.05, 0) is 24.6 Å². The van der Waals surface area contributed by atoms with Crippen molar-refractivity contribution >= 4 is 17.3 Å². The van der Waals surface area contributed by atoms with Gasteiger partial charge in [-0.3, -0.25) is 4.79 Å². The lowest BCUT2D eigenvalue weighted by molar-refractivity contribution is -0.138. The molecule has 1 N–H and O–H groups in total. The summed E-state index contributed by atoms with van der Waals surface area (Å²) in [7, 11) is 0. The zero-order chi connectivity index (χ0) is 12.3. The minimum Gasteiger partial charge on any atom is -0.481 e. The summed E-state index contributed by atoms with van der Waals surface area (Å²) in [6.45, 7) is 1.72. The fourth-order valence-corrected chi connectivity index (χ4v) is 2.73. The SMILES string of the molecule is CC(C(=O)O)c1ccc(Cc2ccccc2)s1. The van der Waals surface area contributed by atoms with E-state index in [1.54, 1.807) is 18.3 Å². The Morgan fingerprint density at radius 2 is 1.94 bits per heavy atom. The first kappa shape index (κ1) is 11.9. The second-order valence-corrected chi connectivity index (χ2v) is 5.23. The molecule has 0 aliphatic carbocycles. The Balaban J connectivity index is 2.11. The molecular formula is C14H14O2S. The monoisotopic (exact) mass is 246 g/mol. The third kappa shape index (κ3) is 2.94. The zero-order valence-electron chi connectivity index (χ0n) is 9.59. The van der Waals surface area contributed by atoms with E-state index in [0.717, 1.165) is 11.3 Å². The van der Waals surface area contributed by atoms with Crippen LogP contribution in [0, 0.1) is 0 Å². The molecule has 2 nitrogen and oxygen atoms in total. The minimum atomic E-state index is -0.766. The molecule has 0 aliphatic rings. The topological polar surface area (TPSA) is 37.3 Å². The summed E-state index contributed by atoms with van der Waals surface area (Å²) < 4.78 is 0. The van der Waals surface area contributed by atoms with Gasteiger partial charge in [-0.1, -0.05) is 30.3 Å². The van der Waals surface area contributed by atoms with Crippen molar-refractivity contribution in [2.45, 2.75) is 19.3 Å². The molecule has 1 atom stereocenters. The van der Waals surface area contributed by atoms with E-state index in [0.29, 0.717) is 0 Å². The highest BCUT2D eigenvalue weighted by Gasteiger charge is 2.15. The van der Waals surface area contributed by atoms with E-state index in [9.17, 15) is 4.79 Å². The van der Waals surface area contributed by atoms with Gasteiger partial charge >= 0.3 is 5.97 Å². The second-order valence-electron chi connectivity index (χ2n) is 4.03. The average Bonchev–Trinajstić information content (AvgIpc) is 2.77. The third-order valence-corrected chi connectivity index (χ3v) is 3.97. The Kier molecular flexibility index (Phi) is 3.59. The maximum absolute atomic E-state index is 10.9. The van der Waals surface area contributed by atoms with E-state index in [1.165, 1.54) is 10.4 Å². The molecular weight excluding hydrogens is 232 g/mol. The fourth-order valence-electron chi connectivity index (χ4n) is 1.64. The summed E-state index contributed by atoms with van der Waals surface area (Å²) in [6.07, 6.45) is 0.873. The van der Waals surface area contributed by atoms with Gasteiger partial charge in [0, 0.05) is 16.2 Å². The Morgan fingerprint density at radius 1 is 1.24 bits per heavy atom. The molecule has 3 heteroatoms. The van der Waals surface area contributed by atoms with Crippen molar-refractivity contribution in [3.05, 3.63) is 57.8 Å². The van der Waals surface area contributed by atoms with Crippen LogP contribution in [-0.4, -0.2) is 11.1 Å². The summed E-state index contributed by atoms with van der Waals surface area (Å²) in [5, 5.41) is 8.94. The highest BCUT2D eigenvalue weighted by atomic mass is 32.1. The predicted octanol–water partition coefficient (Wildman–Crippen LogP) is 3.53. The van der Waals surface area contributed by atoms with E-state index in [4.69, 9.17) is 5.11 Å². The first-order chi connectivity index (χ1) is 8.16. The molecule has 0 saturated carbocycles. The molecule has 2 aromatic rings. The standard InChI is InChI=1S/C14H14O2S/c1-10(14(15)16)13-8-7-12(17-13)9-11-5-3-2-4-6-11/h2-8,10H,9H2,1H3,(H,15,16). The van der Waals surface area contributed by atoms with E-state index in [-0.39, 0.29) is 0 Å². The molecule has 1 heterocycles. The van der Waals surface area contributed by atoms with Crippen LogP contribution < -0.4 is 0 Å². The van der Waals surface area contributed by atoms with Crippen molar-refractivity contribution < 1.29 is 9.90 Å². The molecule has 0 aliphatic heterocycles. The Hall–Kier alpha value is -1.61. The number of carbonyl (C=O) groups is 1. The normalized spacial score (nSPS) is 12.3. The Morgan fingerprint density at radius 3 is 2.59 bits per heavy atom. The van der Waals surface area contributed by atoms with Gasteiger partial charge in [0.2, 0.25) is 0 Å². The number of aliphatic carboxylic acids is 1. The summed E-state index contributed by atoms with van der Waals surface area (Å²) in [5.41, 5.74) is 1.25. The van der Waals surface area contributed by atoms with Gasteiger partial charge in [0.25, 0.3) is 0 Å². The van der Waals surface area contributed by atoms with Crippen LogP contribution in [0.25, 0.3) is 0 Å². The van der Waals surface area contributed by atoms with Crippen LogP contribution in [0.4, 0.5) is 0 Å². The number of rotatable bonds is 4. The number of hydrogen-bond donors (Lipinski definition) is 1. The second kappa shape index (κ2) is 5.15. The van der Waals surface area contributed by atoms with E-state index in [1.807, 2.05) is 30.3 Å². The quantitative estimate of drug-likeness (QED) is 0.896. The number of carboxylic acids is 1. The smallest absolute Gasteiger partial charge is 0.311 e. The van der Waals surface area contributed by atoms with Gasteiger partial charge in [0.1, 0.15) is 0 Å². The van der Waals surface area contributed by atoms with Gasteiger partial charge in [-0.2, -0.15) is 0 Å². The number of hydrogen-bond acceptors (Lipinski definition) is 2. The summed E-state index contributed by atoms with van der Waals surface area (Å²) in [4.78, 5) is 13.0. The first-order valence-corrected chi connectivity index (χ1v) is 6.34. The highest BCUT2D eigenvalue weighted by Crippen LogP contribution is 2.26. The molecule has 88 valence electrons. The van der Waals surface area contributed by atoms with Crippen molar-refractivity contribution in [2.24, 2.45) is 0 Å². The molecule has 1 aromatic carbocycles. The van der Waals surface area contributed by atoms with Gasteiger partial charge in [-0.25, -0.2) is 0 Å². The van der Waals surface area contributed by atoms with Crippen molar-refractivity contribution in [1.29, 1.82) is 0 Å². The lowest BCUT2D eigenvalue weighted by Gasteiger charge is -2.01. The first-order valence-electron chi connectivity index (χ1n) is 5.52. The fraction of sp³-hybridized carbons (Fsp3) is 0.214. The van der Waals surface area contributed by atoms with Crippen molar-refractivity contribution in [1.82, 2.24) is 0 Å². The molecule has 1 aromatic heterocycles. The van der Waals surface area contributed by atoms with Crippen LogP contribution in [0.15, 0.2) is 42.5 Å². The van der Waals surface area contributed by atoms with Gasteiger partial charge < -0.3 is 5.11 Å². The molecule has 0 saturated heterocycles.